The first-order chi connectivity index (χ1) is 8.40. The Morgan fingerprint density at radius 1 is 1.28 bits per heavy atom. The summed E-state index contributed by atoms with van der Waals surface area (Å²) in [5.74, 6) is 0.928. The van der Waals surface area contributed by atoms with Crippen molar-refractivity contribution >= 4 is 5.69 Å². The summed E-state index contributed by atoms with van der Waals surface area (Å²) in [6, 6.07) is 9.02. The molecule has 1 saturated carbocycles. The van der Waals surface area contributed by atoms with Crippen LogP contribution in [0.4, 0.5) is 5.69 Å². The molecule has 1 atom stereocenters. The summed E-state index contributed by atoms with van der Waals surface area (Å²) in [4.78, 5) is 2.51. The van der Waals surface area contributed by atoms with Crippen LogP contribution < -0.4 is 5.73 Å². The first-order valence-corrected chi connectivity index (χ1v) is 6.96. The Hall–Kier alpha value is -1.02. The molecule has 18 heavy (non-hydrogen) atoms. The molecule has 100 valence electrons. The molecule has 1 aliphatic carbocycles. The van der Waals surface area contributed by atoms with Crippen LogP contribution in [0.25, 0.3) is 0 Å². The predicted molar refractivity (Wildman–Crippen MR) is 78.7 cm³/mol. The van der Waals surface area contributed by atoms with E-state index in [1.54, 1.807) is 0 Å². The topological polar surface area (TPSA) is 29.3 Å². The zero-order valence-electron chi connectivity index (χ0n) is 12.1. The second kappa shape index (κ2) is 4.93. The minimum atomic E-state index is 0.172. The van der Waals surface area contributed by atoms with Gasteiger partial charge in [0, 0.05) is 23.7 Å². The molecule has 2 rings (SSSR count). The number of rotatable bonds is 5. The van der Waals surface area contributed by atoms with Gasteiger partial charge in [0.25, 0.3) is 0 Å². The molecular weight excluding hydrogens is 220 g/mol. The van der Waals surface area contributed by atoms with Gasteiger partial charge in [0.1, 0.15) is 0 Å². The number of benzene rings is 1. The highest BCUT2D eigenvalue weighted by atomic mass is 15.1. The Balaban J connectivity index is 2.03. The Labute approximate surface area is 111 Å². The van der Waals surface area contributed by atoms with E-state index in [1.165, 1.54) is 18.4 Å². The third-order valence-electron chi connectivity index (χ3n) is 4.34. The fourth-order valence-corrected chi connectivity index (χ4v) is 2.73. The molecule has 0 bridgehead atoms. The molecule has 1 aromatic carbocycles. The van der Waals surface area contributed by atoms with E-state index in [1.807, 2.05) is 12.1 Å². The third kappa shape index (κ3) is 3.05. The summed E-state index contributed by atoms with van der Waals surface area (Å²) in [5.41, 5.74) is 8.14. The van der Waals surface area contributed by atoms with Gasteiger partial charge in [-0.25, -0.2) is 0 Å². The fourth-order valence-electron chi connectivity index (χ4n) is 2.73. The van der Waals surface area contributed by atoms with Crippen molar-refractivity contribution in [3.8, 4) is 0 Å². The number of hydrogen-bond acceptors (Lipinski definition) is 2. The van der Waals surface area contributed by atoms with E-state index >= 15 is 0 Å². The van der Waals surface area contributed by atoms with Crippen LogP contribution >= 0.6 is 0 Å². The number of anilines is 1. The Morgan fingerprint density at radius 2 is 1.83 bits per heavy atom. The van der Waals surface area contributed by atoms with Crippen LogP contribution in [0, 0.1) is 5.92 Å². The molecule has 1 unspecified atom stereocenters. The van der Waals surface area contributed by atoms with Crippen molar-refractivity contribution in [3.05, 3.63) is 29.8 Å². The summed E-state index contributed by atoms with van der Waals surface area (Å²) in [5, 5.41) is 0. The molecule has 0 amide bonds. The average molecular weight is 246 g/mol. The van der Waals surface area contributed by atoms with E-state index in [-0.39, 0.29) is 5.41 Å². The second-order valence-electron chi connectivity index (χ2n) is 6.50. The molecule has 2 nitrogen and oxygen atoms in total. The first kappa shape index (κ1) is 13.4. The van der Waals surface area contributed by atoms with Crippen molar-refractivity contribution in [2.24, 2.45) is 5.92 Å². The zero-order chi connectivity index (χ0) is 13.3. The van der Waals surface area contributed by atoms with Gasteiger partial charge in [-0.3, -0.25) is 0 Å². The number of hydrogen-bond donors (Lipinski definition) is 1. The summed E-state index contributed by atoms with van der Waals surface area (Å²) in [7, 11) is 2.25. The van der Waals surface area contributed by atoms with Crippen LogP contribution in [-0.4, -0.2) is 24.5 Å². The maximum Gasteiger partial charge on any atom is 0.0314 e. The monoisotopic (exact) mass is 246 g/mol. The van der Waals surface area contributed by atoms with Crippen molar-refractivity contribution < 1.29 is 0 Å². The van der Waals surface area contributed by atoms with Gasteiger partial charge in [0.05, 0.1) is 0 Å². The maximum atomic E-state index is 5.76. The molecule has 1 fully saturated rings. The molecule has 0 spiro atoms. The number of nitrogens with two attached hydrogens (primary N) is 1. The van der Waals surface area contributed by atoms with E-state index in [0.29, 0.717) is 6.04 Å². The average Bonchev–Trinajstić information content (AvgIpc) is 3.11. The van der Waals surface area contributed by atoms with E-state index in [2.05, 4.69) is 44.9 Å². The summed E-state index contributed by atoms with van der Waals surface area (Å²) >= 11 is 0. The van der Waals surface area contributed by atoms with Crippen molar-refractivity contribution in [2.75, 3.05) is 19.3 Å². The summed E-state index contributed by atoms with van der Waals surface area (Å²) < 4.78 is 0. The Morgan fingerprint density at radius 3 is 2.33 bits per heavy atom. The van der Waals surface area contributed by atoms with Gasteiger partial charge >= 0.3 is 0 Å². The van der Waals surface area contributed by atoms with E-state index in [9.17, 15) is 0 Å². The van der Waals surface area contributed by atoms with Crippen LogP contribution in [0.1, 0.15) is 39.2 Å². The number of nitrogens with zero attached hydrogens (tertiary/aromatic N) is 1. The SMILES string of the molecule is CC(C1CC1)N(C)CC(C)(C)c1ccc(N)cc1. The standard InChI is InChI=1S/C16H26N2/c1-12(13-5-6-13)18(4)11-16(2,3)14-7-9-15(17)10-8-14/h7-10,12-13H,5-6,11,17H2,1-4H3. The van der Waals surface area contributed by atoms with Gasteiger partial charge < -0.3 is 10.6 Å². The summed E-state index contributed by atoms with van der Waals surface area (Å²) in [6.07, 6.45) is 2.82. The lowest BCUT2D eigenvalue weighted by atomic mass is 9.83. The zero-order valence-corrected chi connectivity index (χ0v) is 12.1. The smallest absolute Gasteiger partial charge is 0.0314 e. The predicted octanol–water partition coefficient (Wildman–Crippen LogP) is 3.28. The van der Waals surface area contributed by atoms with Gasteiger partial charge in [0.2, 0.25) is 0 Å². The minimum Gasteiger partial charge on any atom is -0.399 e. The number of nitrogen functional groups attached to an aromatic ring is 1. The van der Waals surface area contributed by atoms with Crippen LogP contribution in [0.5, 0.6) is 0 Å². The van der Waals surface area contributed by atoms with Crippen LogP contribution in [0.3, 0.4) is 0 Å². The molecule has 0 radical (unpaired) electrons. The lowest BCUT2D eigenvalue weighted by Crippen LogP contribution is -2.40. The highest BCUT2D eigenvalue weighted by Gasteiger charge is 2.33. The van der Waals surface area contributed by atoms with Gasteiger partial charge in [0.15, 0.2) is 0 Å². The van der Waals surface area contributed by atoms with Crippen molar-refractivity contribution in [3.63, 3.8) is 0 Å². The maximum absolute atomic E-state index is 5.76. The Kier molecular flexibility index (Phi) is 3.67. The van der Waals surface area contributed by atoms with E-state index < -0.39 is 0 Å². The quantitative estimate of drug-likeness (QED) is 0.808. The van der Waals surface area contributed by atoms with Gasteiger partial charge in [-0.05, 0) is 50.4 Å². The largest absolute Gasteiger partial charge is 0.399 e. The molecule has 0 aromatic heterocycles. The van der Waals surface area contributed by atoms with Crippen LogP contribution in [-0.2, 0) is 5.41 Å². The highest BCUT2D eigenvalue weighted by Crippen LogP contribution is 2.36. The lowest BCUT2D eigenvalue weighted by Gasteiger charge is -2.34. The molecule has 2 N–H and O–H groups in total. The normalized spacial score (nSPS) is 18.1. The number of likely N-dealkylation sites (N-methyl/N-ethyl adjacent to an activating group) is 1. The van der Waals surface area contributed by atoms with Crippen LogP contribution in [0.2, 0.25) is 0 Å². The lowest BCUT2D eigenvalue weighted by molar-refractivity contribution is 0.194. The van der Waals surface area contributed by atoms with Crippen molar-refractivity contribution in [1.82, 2.24) is 4.90 Å². The molecule has 1 aliphatic rings. The third-order valence-corrected chi connectivity index (χ3v) is 4.34. The molecular formula is C16H26N2. The highest BCUT2D eigenvalue weighted by molar-refractivity contribution is 5.41. The molecule has 0 aliphatic heterocycles. The van der Waals surface area contributed by atoms with E-state index in [4.69, 9.17) is 5.73 Å². The van der Waals surface area contributed by atoms with Crippen molar-refractivity contribution in [2.45, 2.75) is 45.1 Å². The molecule has 1 aromatic rings. The van der Waals surface area contributed by atoms with Gasteiger partial charge in [-0.2, -0.15) is 0 Å². The molecule has 0 saturated heterocycles. The summed E-state index contributed by atoms with van der Waals surface area (Å²) in [6.45, 7) is 8.08. The molecule has 2 heteroatoms. The second-order valence-corrected chi connectivity index (χ2v) is 6.50. The molecule has 0 heterocycles. The van der Waals surface area contributed by atoms with Crippen molar-refractivity contribution in [1.29, 1.82) is 0 Å². The van der Waals surface area contributed by atoms with Gasteiger partial charge in [-0.15, -0.1) is 0 Å². The van der Waals surface area contributed by atoms with Crippen LogP contribution in [0.15, 0.2) is 24.3 Å². The van der Waals surface area contributed by atoms with E-state index in [0.717, 1.165) is 18.2 Å². The Bertz CT molecular complexity index is 390. The first-order valence-electron chi connectivity index (χ1n) is 6.96. The minimum absolute atomic E-state index is 0.172. The van der Waals surface area contributed by atoms with Gasteiger partial charge in [-0.1, -0.05) is 26.0 Å². The fraction of sp³-hybridized carbons (Fsp3) is 0.625.